The van der Waals surface area contributed by atoms with Gasteiger partial charge in [-0.3, -0.25) is 14.4 Å². The number of fused-ring (bicyclic) bond motifs is 1. The van der Waals surface area contributed by atoms with E-state index in [1.54, 1.807) is 48.5 Å². The predicted octanol–water partition coefficient (Wildman–Crippen LogP) is 2.55. The van der Waals surface area contributed by atoms with E-state index in [0.29, 0.717) is 27.6 Å². The Morgan fingerprint density at radius 3 is 2.32 bits per heavy atom. The summed E-state index contributed by atoms with van der Waals surface area (Å²) in [7, 11) is -3.72. The maximum Gasteiger partial charge on any atom is 0.264 e. The SMILES string of the molecule is C[C@@H]1C[C@H]1c1c(C(N)=O)cn(Cc2cccc3c2ccn3S(=O)(=O)Cc2ccccc2)c(=O)c1C(N)=O. The summed E-state index contributed by atoms with van der Waals surface area (Å²) >= 11 is 0. The summed E-state index contributed by atoms with van der Waals surface area (Å²) < 4.78 is 28.8. The molecule has 10 heteroatoms. The van der Waals surface area contributed by atoms with Gasteiger partial charge in [0.2, 0.25) is 10.0 Å². The number of rotatable bonds is 8. The summed E-state index contributed by atoms with van der Waals surface area (Å²) in [6, 6.07) is 15.7. The van der Waals surface area contributed by atoms with Gasteiger partial charge in [0, 0.05) is 17.8 Å². The third-order valence-corrected chi connectivity index (χ3v) is 8.55. The number of nitrogens with zero attached hydrogens (tertiary/aromatic N) is 2. The van der Waals surface area contributed by atoms with E-state index in [1.165, 1.54) is 20.9 Å². The van der Waals surface area contributed by atoms with Crippen molar-refractivity contribution in [2.24, 2.45) is 17.4 Å². The second kappa shape index (κ2) is 9.04. The largest absolute Gasteiger partial charge is 0.366 e. The average molecular weight is 519 g/mol. The van der Waals surface area contributed by atoms with Crippen molar-refractivity contribution in [2.75, 3.05) is 0 Å². The number of nitrogens with two attached hydrogens (primary N) is 2. The number of carbonyl (C=O) groups is 2. The zero-order chi connectivity index (χ0) is 26.5. The Morgan fingerprint density at radius 2 is 1.70 bits per heavy atom. The van der Waals surface area contributed by atoms with Crippen molar-refractivity contribution in [2.45, 2.75) is 31.6 Å². The highest BCUT2D eigenvalue weighted by Gasteiger charge is 2.40. The molecule has 4 N–H and O–H groups in total. The van der Waals surface area contributed by atoms with Gasteiger partial charge in [-0.15, -0.1) is 0 Å². The number of pyridine rings is 1. The van der Waals surface area contributed by atoms with Gasteiger partial charge in [0.15, 0.2) is 0 Å². The molecule has 1 aliphatic rings. The van der Waals surface area contributed by atoms with Gasteiger partial charge < -0.3 is 16.0 Å². The van der Waals surface area contributed by atoms with Crippen LogP contribution < -0.4 is 17.0 Å². The summed E-state index contributed by atoms with van der Waals surface area (Å²) in [6.07, 6.45) is 3.59. The third-order valence-electron chi connectivity index (χ3n) is 6.93. The molecule has 0 saturated heterocycles. The zero-order valence-electron chi connectivity index (χ0n) is 20.1. The van der Waals surface area contributed by atoms with Crippen molar-refractivity contribution in [3.05, 3.63) is 105 Å². The van der Waals surface area contributed by atoms with Crippen LogP contribution in [0.25, 0.3) is 10.9 Å². The van der Waals surface area contributed by atoms with Gasteiger partial charge in [-0.1, -0.05) is 49.4 Å². The van der Waals surface area contributed by atoms with Crippen LogP contribution in [0.3, 0.4) is 0 Å². The summed E-state index contributed by atoms with van der Waals surface area (Å²) in [4.78, 5) is 38.0. The normalized spacial score (nSPS) is 17.1. The molecule has 0 radical (unpaired) electrons. The van der Waals surface area contributed by atoms with E-state index in [-0.39, 0.29) is 35.3 Å². The molecule has 0 unspecified atom stereocenters. The summed E-state index contributed by atoms with van der Waals surface area (Å²) in [5, 5.41) is 0.618. The molecule has 0 bridgehead atoms. The van der Waals surface area contributed by atoms with Crippen LogP contribution in [-0.2, 0) is 22.3 Å². The van der Waals surface area contributed by atoms with Gasteiger partial charge in [-0.25, -0.2) is 12.4 Å². The van der Waals surface area contributed by atoms with Crippen molar-refractivity contribution < 1.29 is 18.0 Å². The molecule has 1 fully saturated rings. The molecule has 2 aromatic heterocycles. The van der Waals surface area contributed by atoms with E-state index >= 15 is 0 Å². The van der Waals surface area contributed by atoms with Crippen molar-refractivity contribution in [3.63, 3.8) is 0 Å². The zero-order valence-corrected chi connectivity index (χ0v) is 20.9. The first-order valence-electron chi connectivity index (χ1n) is 11.8. The summed E-state index contributed by atoms with van der Waals surface area (Å²) in [5.74, 6) is -1.75. The molecule has 0 aliphatic heterocycles. The van der Waals surface area contributed by atoms with Crippen LogP contribution in [0, 0.1) is 5.92 Å². The maximum atomic E-state index is 13.4. The van der Waals surface area contributed by atoms with E-state index in [1.807, 2.05) is 13.0 Å². The van der Waals surface area contributed by atoms with E-state index in [9.17, 15) is 22.8 Å². The lowest BCUT2D eigenvalue weighted by molar-refractivity contribution is 0.0997. The quantitative estimate of drug-likeness (QED) is 0.368. The van der Waals surface area contributed by atoms with Crippen LogP contribution >= 0.6 is 0 Å². The Balaban J connectivity index is 1.59. The molecule has 9 nitrogen and oxygen atoms in total. The lowest BCUT2D eigenvalue weighted by Crippen LogP contribution is -2.34. The smallest absolute Gasteiger partial charge is 0.264 e. The highest BCUT2D eigenvalue weighted by molar-refractivity contribution is 7.89. The van der Waals surface area contributed by atoms with Gasteiger partial charge in [0.25, 0.3) is 17.4 Å². The van der Waals surface area contributed by atoms with Crippen LogP contribution in [0.15, 0.2) is 71.8 Å². The van der Waals surface area contributed by atoms with Gasteiger partial charge in [-0.05, 0) is 47.1 Å². The molecule has 4 aromatic rings. The fourth-order valence-electron chi connectivity index (χ4n) is 4.96. The Kier molecular flexibility index (Phi) is 5.99. The van der Waals surface area contributed by atoms with E-state index in [4.69, 9.17) is 11.5 Å². The summed E-state index contributed by atoms with van der Waals surface area (Å²) in [6.45, 7) is 1.95. The van der Waals surface area contributed by atoms with Crippen LogP contribution in [0.1, 0.15) is 56.7 Å². The molecule has 0 spiro atoms. The fourth-order valence-corrected chi connectivity index (χ4v) is 6.42. The van der Waals surface area contributed by atoms with Gasteiger partial charge in [0.1, 0.15) is 5.56 Å². The van der Waals surface area contributed by atoms with Crippen molar-refractivity contribution in [3.8, 4) is 0 Å². The molecule has 5 rings (SSSR count). The molecule has 2 atom stereocenters. The van der Waals surface area contributed by atoms with Gasteiger partial charge in [0.05, 0.1) is 23.4 Å². The second-order valence-electron chi connectivity index (χ2n) is 9.52. The van der Waals surface area contributed by atoms with Crippen LogP contribution in [0.2, 0.25) is 0 Å². The maximum absolute atomic E-state index is 13.4. The fraction of sp³-hybridized carbons (Fsp3) is 0.222. The lowest BCUT2D eigenvalue weighted by Gasteiger charge is -2.16. The minimum absolute atomic E-state index is 0.0139. The Hall–Kier alpha value is -4.18. The third kappa shape index (κ3) is 4.44. The van der Waals surface area contributed by atoms with Crippen LogP contribution in [0.4, 0.5) is 0 Å². The molecule has 1 saturated carbocycles. The van der Waals surface area contributed by atoms with Gasteiger partial charge in [-0.2, -0.15) is 0 Å². The summed E-state index contributed by atoms with van der Waals surface area (Å²) in [5.41, 5.74) is 12.6. The highest BCUT2D eigenvalue weighted by atomic mass is 32.2. The Morgan fingerprint density at radius 1 is 1.00 bits per heavy atom. The number of carbonyl (C=O) groups excluding carboxylic acids is 2. The molecule has 1 aliphatic carbocycles. The predicted molar refractivity (Wildman–Crippen MR) is 140 cm³/mol. The topological polar surface area (TPSA) is 147 Å². The first kappa shape index (κ1) is 24.5. The van der Waals surface area contributed by atoms with Crippen molar-refractivity contribution >= 4 is 32.7 Å². The molecule has 2 heterocycles. The number of aromatic nitrogens is 2. The number of amides is 2. The monoisotopic (exact) mass is 518 g/mol. The first-order valence-corrected chi connectivity index (χ1v) is 13.4. The molecular formula is C27H26N4O5S. The Labute approximate surface area is 213 Å². The van der Waals surface area contributed by atoms with Gasteiger partial charge >= 0.3 is 0 Å². The lowest BCUT2D eigenvalue weighted by atomic mass is 9.97. The van der Waals surface area contributed by atoms with E-state index < -0.39 is 27.4 Å². The second-order valence-corrected chi connectivity index (χ2v) is 11.4. The van der Waals surface area contributed by atoms with Crippen LogP contribution in [0.5, 0.6) is 0 Å². The first-order chi connectivity index (χ1) is 17.6. The molecule has 190 valence electrons. The Bertz CT molecular complexity index is 1720. The van der Waals surface area contributed by atoms with Crippen molar-refractivity contribution in [1.29, 1.82) is 0 Å². The number of hydrogen-bond donors (Lipinski definition) is 2. The average Bonchev–Trinajstić information content (AvgIpc) is 3.38. The molecular weight excluding hydrogens is 492 g/mol. The molecule has 2 amide bonds. The van der Waals surface area contributed by atoms with Crippen molar-refractivity contribution in [1.82, 2.24) is 8.54 Å². The number of primary amides is 2. The number of hydrogen-bond acceptors (Lipinski definition) is 5. The minimum atomic E-state index is -3.72. The van der Waals surface area contributed by atoms with E-state index in [2.05, 4.69) is 0 Å². The number of benzene rings is 2. The highest BCUT2D eigenvalue weighted by Crippen LogP contribution is 2.48. The minimum Gasteiger partial charge on any atom is -0.366 e. The van der Waals surface area contributed by atoms with Crippen LogP contribution in [-0.4, -0.2) is 28.8 Å². The molecule has 37 heavy (non-hydrogen) atoms. The van der Waals surface area contributed by atoms with E-state index in [0.717, 1.165) is 6.42 Å². The molecule has 2 aromatic carbocycles. The standard InChI is InChI=1S/C27H26N4O5S/c1-16-12-20(16)23-21(25(28)32)14-30(27(34)24(23)26(29)33)13-18-8-5-9-22-19(18)10-11-31(22)37(35,36)15-17-6-3-2-4-7-17/h2-11,14,16,20H,12-13,15H2,1H3,(H2,28,32)(H2,29,33)/t16-,20-/m1/s1.